The first kappa shape index (κ1) is 19.4. The van der Waals surface area contributed by atoms with Crippen LogP contribution in [0.25, 0.3) is 0 Å². The highest BCUT2D eigenvalue weighted by atomic mass is 19.4. The Morgan fingerprint density at radius 3 is 2.48 bits per heavy atom. The van der Waals surface area contributed by atoms with Crippen molar-refractivity contribution in [2.75, 3.05) is 13.1 Å². The molecule has 2 unspecified atom stereocenters. The van der Waals surface area contributed by atoms with Gasteiger partial charge in [-0.3, -0.25) is 4.79 Å². The molecule has 1 amide bonds. The summed E-state index contributed by atoms with van der Waals surface area (Å²) in [6, 6.07) is 12.8. The summed E-state index contributed by atoms with van der Waals surface area (Å²) >= 11 is 0. The van der Waals surface area contributed by atoms with Crippen LogP contribution in [0, 0.1) is 0 Å². The Kier molecular flexibility index (Phi) is 5.85. The van der Waals surface area contributed by atoms with E-state index < -0.39 is 11.7 Å². The Labute approximate surface area is 157 Å². The van der Waals surface area contributed by atoms with Gasteiger partial charge in [-0.15, -0.1) is 0 Å². The van der Waals surface area contributed by atoms with E-state index in [1.165, 1.54) is 12.1 Å². The molecule has 2 aromatic rings. The number of carbonyl (C=O) groups is 1. The molecule has 144 valence electrons. The Balaban J connectivity index is 1.66. The van der Waals surface area contributed by atoms with E-state index in [-0.39, 0.29) is 17.9 Å². The van der Waals surface area contributed by atoms with Crippen LogP contribution in [0.5, 0.6) is 0 Å². The molecule has 3 nitrogen and oxygen atoms in total. The molecular weight excluding hydrogens is 353 g/mol. The number of carbonyl (C=O) groups excluding carboxylic acids is 1. The smallest absolute Gasteiger partial charge is 0.348 e. The summed E-state index contributed by atoms with van der Waals surface area (Å²) in [5.74, 6) is -0.0416. The third-order valence-corrected chi connectivity index (χ3v) is 5.04. The topological polar surface area (TPSA) is 41.1 Å². The van der Waals surface area contributed by atoms with Gasteiger partial charge in [0, 0.05) is 24.7 Å². The van der Waals surface area contributed by atoms with Crippen LogP contribution < -0.4 is 10.6 Å². The fourth-order valence-corrected chi connectivity index (χ4v) is 3.56. The minimum atomic E-state index is -4.33. The van der Waals surface area contributed by atoms with Crippen molar-refractivity contribution in [1.29, 1.82) is 0 Å². The molecule has 27 heavy (non-hydrogen) atoms. The maximum absolute atomic E-state index is 12.7. The van der Waals surface area contributed by atoms with E-state index in [1.54, 1.807) is 0 Å². The second kappa shape index (κ2) is 8.13. The van der Waals surface area contributed by atoms with Crippen LogP contribution in [0.15, 0.2) is 48.5 Å². The molecule has 6 heteroatoms. The first-order chi connectivity index (χ1) is 12.9. The molecule has 0 bridgehead atoms. The Hall–Kier alpha value is -2.34. The average molecular weight is 376 g/mol. The molecule has 0 aromatic heterocycles. The lowest BCUT2D eigenvalue weighted by molar-refractivity contribution is -0.137. The lowest BCUT2D eigenvalue weighted by Gasteiger charge is -2.31. The van der Waals surface area contributed by atoms with E-state index in [1.807, 2.05) is 31.2 Å². The molecule has 2 atom stereocenters. The number of benzene rings is 2. The van der Waals surface area contributed by atoms with Gasteiger partial charge in [0.05, 0.1) is 5.56 Å². The summed E-state index contributed by atoms with van der Waals surface area (Å²) in [7, 11) is 0. The van der Waals surface area contributed by atoms with E-state index in [4.69, 9.17) is 0 Å². The lowest BCUT2D eigenvalue weighted by atomic mass is 9.88. The molecule has 1 fully saturated rings. The fraction of sp³-hybridized carbons (Fsp3) is 0.381. The van der Waals surface area contributed by atoms with Gasteiger partial charge in [0.1, 0.15) is 0 Å². The molecule has 2 N–H and O–H groups in total. The maximum Gasteiger partial charge on any atom is 0.416 e. The molecule has 0 radical (unpaired) electrons. The summed E-state index contributed by atoms with van der Waals surface area (Å²) in [6.45, 7) is 3.34. The summed E-state index contributed by atoms with van der Waals surface area (Å²) in [6.07, 6.45) is -2.86. The zero-order valence-corrected chi connectivity index (χ0v) is 15.1. The summed E-state index contributed by atoms with van der Waals surface area (Å²) < 4.78 is 38.2. The predicted octanol–water partition coefficient (Wildman–Crippen LogP) is 4.14. The van der Waals surface area contributed by atoms with Crippen molar-refractivity contribution in [2.45, 2.75) is 37.9 Å². The van der Waals surface area contributed by atoms with Crippen LogP contribution >= 0.6 is 0 Å². The van der Waals surface area contributed by atoms with Gasteiger partial charge in [0.15, 0.2) is 0 Å². The van der Waals surface area contributed by atoms with Crippen molar-refractivity contribution < 1.29 is 18.0 Å². The highest BCUT2D eigenvalue weighted by Gasteiger charge is 2.31. The fourth-order valence-electron chi connectivity index (χ4n) is 3.56. The highest BCUT2D eigenvalue weighted by molar-refractivity contribution is 5.95. The van der Waals surface area contributed by atoms with Gasteiger partial charge < -0.3 is 10.6 Å². The van der Waals surface area contributed by atoms with Crippen molar-refractivity contribution in [3.63, 3.8) is 0 Å². The minimum absolute atomic E-state index is 0.0627. The third kappa shape index (κ3) is 4.69. The van der Waals surface area contributed by atoms with Gasteiger partial charge in [0.2, 0.25) is 0 Å². The lowest BCUT2D eigenvalue weighted by Crippen LogP contribution is -2.48. The zero-order valence-electron chi connectivity index (χ0n) is 15.1. The van der Waals surface area contributed by atoms with Crippen molar-refractivity contribution in [1.82, 2.24) is 10.6 Å². The highest BCUT2D eigenvalue weighted by Crippen LogP contribution is 2.31. The zero-order chi connectivity index (χ0) is 19.4. The second-order valence-corrected chi connectivity index (χ2v) is 6.89. The van der Waals surface area contributed by atoms with Crippen LogP contribution in [0.3, 0.4) is 0 Å². The van der Waals surface area contributed by atoms with Gasteiger partial charge in [-0.2, -0.15) is 13.2 Å². The number of aryl methyl sites for hydroxylation is 1. The first-order valence-electron chi connectivity index (χ1n) is 9.15. The number of hydrogen-bond donors (Lipinski definition) is 2. The van der Waals surface area contributed by atoms with Crippen molar-refractivity contribution >= 4 is 5.91 Å². The number of halogens is 3. The molecular formula is C21H23F3N2O. The van der Waals surface area contributed by atoms with Crippen molar-refractivity contribution in [3.8, 4) is 0 Å². The molecule has 0 spiro atoms. The van der Waals surface area contributed by atoms with Crippen LogP contribution in [0.4, 0.5) is 13.2 Å². The van der Waals surface area contributed by atoms with Crippen molar-refractivity contribution in [3.05, 3.63) is 70.8 Å². The number of amides is 1. The molecule has 1 aliphatic rings. The number of piperidine rings is 1. The van der Waals surface area contributed by atoms with E-state index in [0.29, 0.717) is 25.1 Å². The van der Waals surface area contributed by atoms with Gasteiger partial charge in [0.25, 0.3) is 5.91 Å². The Morgan fingerprint density at radius 2 is 1.81 bits per heavy atom. The van der Waals surface area contributed by atoms with Crippen LogP contribution in [-0.4, -0.2) is 25.0 Å². The van der Waals surface area contributed by atoms with Gasteiger partial charge in [-0.1, -0.05) is 37.3 Å². The van der Waals surface area contributed by atoms with Crippen LogP contribution in [-0.2, 0) is 12.6 Å². The van der Waals surface area contributed by atoms with Gasteiger partial charge in [-0.25, -0.2) is 0 Å². The summed E-state index contributed by atoms with van der Waals surface area (Å²) in [5, 5.41) is 6.34. The van der Waals surface area contributed by atoms with E-state index in [9.17, 15) is 18.0 Å². The number of rotatable bonds is 4. The predicted molar refractivity (Wildman–Crippen MR) is 98.7 cm³/mol. The molecule has 3 rings (SSSR count). The number of nitrogens with one attached hydrogen (secondary N) is 2. The van der Waals surface area contributed by atoms with E-state index >= 15 is 0 Å². The molecule has 0 saturated carbocycles. The normalized spacial score (nSPS) is 20.3. The molecule has 1 heterocycles. The van der Waals surface area contributed by atoms with E-state index in [2.05, 4.69) is 10.6 Å². The molecule has 1 aliphatic heterocycles. The van der Waals surface area contributed by atoms with Gasteiger partial charge >= 0.3 is 6.18 Å². The number of alkyl halides is 3. The molecule has 0 aliphatic carbocycles. The molecule has 2 aromatic carbocycles. The Bertz CT molecular complexity index is 787. The quantitative estimate of drug-likeness (QED) is 0.842. The average Bonchev–Trinajstić information content (AvgIpc) is 2.67. The largest absolute Gasteiger partial charge is 0.416 e. The Morgan fingerprint density at radius 1 is 1.11 bits per heavy atom. The van der Waals surface area contributed by atoms with Crippen molar-refractivity contribution in [2.24, 2.45) is 0 Å². The van der Waals surface area contributed by atoms with Gasteiger partial charge in [-0.05, 0) is 48.1 Å². The monoisotopic (exact) mass is 376 g/mol. The maximum atomic E-state index is 12.7. The minimum Gasteiger partial charge on any atom is -0.348 e. The van der Waals surface area contributed by atoms with Crippen LogP contribution in [0.1, 0.15) is 46.3 Å². The van der Waals surface area contributed by atoms with E-state index in [0.717, 1.165) is 29.7 Å². The standard InChI is InChI=1S/C21H23F3N2O/c1-2-14-5-3-4-6-19(14)20(27)26-18-11-16(12-25-13-18)15-7-9-17(10-8-15)21(22,23)24/h3-10,16,18,25H,2,11-13H2,1H3,(H,26,27). The SMILES string of the molecule is CCc1ccccc1C(=O)NC1CNCC(c2ccc(C(F)(F)F)cc2)C1. The first-order valence-corrected chi connectivity index (χ1v) is 9.15. The third-order valence-electron chi connectivity index (χ3n) is 5.04. The van der Waals surface area contributed by atoms with Crippen LogP contribution in [0.2, 0.25) is 0 Å². The number of hydrogen-bond acceptors (Lipinski definition) is 2. The second-order valence-electron chi connectivity index (χ2n) is 6.89. The molecule has 1 saturated heterocycles. The summed E-state index contributed by atoms with van der Waals surface area (Å²) in [4.78, 5) is 12.6. The summed E-state index contributed by atoms with van der Waals surface area (Å²) in [5.41, 5.74) is 1.88.